The van der Waals surface area contributed by atoms with Gasteiger partial charge in [-0.1, -0.05) is 13.8 Å². The summed E-state index contributed by atoms with van der Waals surface area (Å²) in [5.74, 6) is 0.870. The first-order valence-electron chi connectivity index (χ1n) is 9.19. The molecule has 2 aliphatic heterocycles. The fraction of sp³-hybridized carbons (Fsp3) is 0.579. The van der Waals surface area contributed by atoms with Crippen molar-refractivity contribution < 1.29 is 14.3 Å². The average Bonchev–Trinajstić information content (AvgIpc) is 2.64. The highest BCUT2D eigenvalue weighted by Crippen LogP contribution is 2.31. The van der Waals surface area contributed by atoms with E-state index in [1.165, 1.54) is 11.8 Å². The maximum absolute atomic E-state index is 12.6. The standard InChI is InChI=1S/C19H27N3O3S/c1-13(2)9-15(22-5-7-25-8-6-22)11-20-19(24)14-3-4-17-16(10-14)21-18(23)12-26-17/h3-4,10,13,15H,5-9,11-12H2,1-2H3,(H,20,24)(H,21,23). The molecule has 2 heterocycles. The number of fused-ring (bicyclic) bond motifs is 1. The number of ether oxygens (including phenoxy) is 1. The Morgan fingerprint density at radius 1 is 1.35 bits per heavy atom. The molecule has 0 spiro atoms. The Labute approximate surface area is 159 Å². The van der Waals surface area contributed by atoms with Crippen LogP contribution in [0.4, 0.5) is 5.69 Å². The molecule has 2 amide bonds. The number of carbonyl (C=O) groups excluding carboxylic acids is 2. The van der Waals surface area contributed by atoms with Crippen LogP contribution < -0.4 is 10.6 Å². The van der Waals surface area contributed by atoms with Gasteiger partial charge in [0.1, 0.15) is 0 Å². The minimum absolute atomic E-state index is 0.0237. The molecule has 2 aliphatic rings. The monoisotopic (exact) mass is 377 g/mol. The van der Waals surface area contributed by atoms with Crippen LogP contribution in [0.1, 0.15) is 30.6 Å². The predicted molar refractivity (Wildman–Crippen MR) is 104 cm³/mol. The van der Waals surface area contributed by atoms with Crippen molar-refractivity contribution in [1.29, 1.82) is 0 Å². The maximum atomic E-state index is 12.6. The number of hydrogen-bond donors (Lipinski definition) is 2. The van der Waals surface area contributed by atoms with Gasteiger partial charge in [0.05, 0.1) is 24.7 Å². The van der Waals surface area contributed by atoms with Crippen LogP contribution in [-0.2, 0) is 9.53 Å². The first-order chi connectivity index (χ1) is 12.5. The number of nitrogens with one attached hydrogen (secondary N) is 2. The molecule has 1 aromatic rings. The summed E-state index contributed by atoms with van der Waals surface area (Å²) in [4.78, 5) is 27.6. The van der Waals surface area contributed by atoms with E-state index in [0.717, 1.165) is 43.3 Å². The summed E-state index contributed by atoms with van der Waals surface area (Å²) in [5, 5.41) is 5.91. The van der Waals surface area contributed by atoms with E-state index >= 15 is 0 Å². The number of anilines is 1. The van der Waals surface area contributed by atoms with Crippen molar-refractivity contribution in [2.24, 2.45) is 5.92 Å². The molecule has 2 N–H and O–H groups in total. The Balaban J connectivity index is 1.62. The van der Waals surface area contributed by atoms with E-state index in [9.17, 15) is 9.59 Å². The van der Waals surface area contributed by atoms with Gasteiger partial charge in [-0.15, -0.1) is 11.8 Å². The molecule has 7 heteroatoms. The molecular formula is C19H27N3O3S. The second kappa shape index (κ2) is 8.88. The SMILES string of the molecule is CC(C)CC(CNC(=O)c1ccc2c(c1)NC(=O)CS2)N1CCOCC1. The van der Waals surface area contributed by atoms with Crippen LogP contribution in [0.5, 0.6) is 0 Å². The molecule has 1 fully saturated rings. The summed E-state index contributed by atoms with van der Waals surface area (Å²) < 4.78 is 5.45. The third kappa shape index (κ3) is 4.99. The summed E-state index contributed by atoms with van der Waals surface area (Å²) >= 11 is 1.50. The number of rotatable bonds is 6. The van der Waals surface area contributed by atoms with Crippen molar-refractivity contribution in [2.45, 2.75) is 31.2 Å². The Morgan fingerprint density at radius 3 is 2.85 bits per heavy atom. The van der Waals surface area contributed by atoms with Crippen LogP contribution in [0.3, 0.4) is 0 Å². The lowest BCUT2D eigenvalue weighted by Crippen LogP contribution is -2.49. The van der Waals surface area contributed by atoms with E-state index < -0.39 is 0 Å². The molecule has 1 unspecified atom stereocenters. The van der Waals surface area contributed by atoms with Gasteiger partial charge in [0.2, 0.25) is 5.91 Å². The lowest BCUT2D eigenvalue weighted by molar-refractivity contribution is -0.113. The van der Waals surface area contributed by atoms with Crippen molar-refractivity contribution in [3.8, 4) is 0 Å². The molecule has 3 rings (SSSR count). The molecule has 0 saturated carbocycles. The van der Waals surface area contributed by atoms with Gasteiger partial charge in [-0.25, -0.2) is 0 Å². The number of carbonyl (C=O) groups is 2. The maximum Gasteiger partial charge on any atom is 0.251 e. The zero-order valence-electron chi connectivity index (χ0n) is 15.4. The highest BCUT2D eigenvalue weighted by atomic mass is 32.2. The van der Waals surface area contributed by atoms with Crippen LogP contribution in [0.15, 0.2) is 23.1 Å². The predicted octanol–water partition coefficient (Wildman–Crippen LogP) is 2.21. The second-order valence-corrected chi connectivity index (χ2v) is 8.21. The Morgan fingerprint density at radius 2 is 2.12 bits per heavy atom. The topological polar surface area (TPSA) is 70.7 Å². The van der Waals surface area contributed by atoms with Crippen LogP contribution in [0.25, 0.3) is 0 Å². The van der Waals surface area contributed by atoms with E-state index in [4.69, 9.17) is 4.74 Å². The highest BCUT2D eigenvalue weighted by Gasteiger charge is 2.23. The third-order valence-corrected chi connectivity index (χ3v) is 5.75. The van der Waals surface area contributed by atoms with Crippen molar-refractivity contribution in [3.05, 3.63) is 23.8 Å². The molecule has 1 saturated heterocycles. The average molecular weight is 378 g/mol. The minimum atomic E-state index is -0.0976. The molecule has 142 valence electrons. The van der Waals surface area contributed by atoms with Gasteiger partial charge in [0, 0.05) is 36.1 Å². The van der Waals surface area contributed by atoms with Crippen LogP contribution in [-0.4, -0.2) is 61.4 Å². The summed E-state index contributed by atoms with van der Waals surface area (Å²) in [7, 11) is 0. The fourth-order valence-electron chi connectivity index (χ4n) is 3.39. The smallest absolute Gasteiger partial charge is 0.251 e. The normalized spacial score (nSPS) is 19.0. The molecular weight excluding hydrogens is 350 g/mol. The van der Waals surface area contributed by atoms with Crippen LogP contribution in [0.2, 0.25) is 0 Å². The van der Waals surface area contributed by atoms with E-state index in [2.05, 4.69) is 29.4 Å². The van der Waals surface area contributed by atoms with E-state index in [0.29, 0.717) is 29.8 Å². The zero-order chi connectivity index (χ0) is 18.5. The van der Waals surface area contributed by atoms with Gasteiger partial charge in [0.15, 0.2) is 0 Å². The molecule has 26 heavy (non-hydrogen) atoms. The molecule has 0 aliphatic carbocycles. The van der Waals surface area contributed by atoms with Gasteiger partial charge >= 0.3 is 0 Å². The first-order valence-corrected chi connectivity index (χ1v) is 10.2. The molecule has 1 atom stereocenters. The zero-order valence-corrected chi connectivity index (χ0v) is 16.2. The molecule has 0 radical (unpaired) electrons. The quantitative estimate of drug-likeness (QED) is 0.795. The van der Waals surface area contributed by atoms with Crippen molar-refractivity contribution in [1.82, 2.24) is 10.2 Å². The van der Waals surface area contributed by atoms with Gasteiger partial charge in [0.25, 0.3) is 5.91 Å². The van der Waals surface area contributed by atoms with Crippen LogP contribution in [0, 0.1) is 5.92 Å². The number of morpholine rings is 1. The van der Waals surface area contributed by atoms with Gasteiger partial charge < -0.3 is 15.4 Å². The summed E-state index contributed by atoms with van der Waals surface area (Å²) in [6.45, 7) is 8.37. The van der Waals surface area contributed by atoms with Gasteiger partial charge in [-0.2, -0.15) is 0 Å². The summed E-state index contributed by atoms with van der Waals surface area (Å²) in [6.07, 6.45) is 1.04. The minimum Gasteiger partial charge on any atom is -0.379 e. The van der Waals surface area contributed by atoms with Gasteiger partial charge in [-0.3, -0.25) is 14.5 Å². The molecule has 0 aromatic heterocycles. The second-order valence-electron chi connectivity index (χ2n) is 7.19. The highest BCUT2D eigenvalue weighted by molar-refractivity contribution is 8.00. The molecule has 6 nitrogen and oxygen atoms in total. The number of benzene rings is 1. The molecule has 1 aromatic carbocycles. The van der Waals surface area contributed by atoms with Crippen LogP contribution >= 0.6 is 11.8 Å². The van der Waals surface area contributed by atoms with E-state index in [1.54, 1.807) is 6.07 Å². The summed E-state index contributed by atoms with van der Waals surface area (Å²) in [6, 6.07) is 5.81. The number of nitrogens with zero attached hydrogens (tertiary/aromatic N) is 1. The number of thioether (sulfide) groups is 1. The summed E-state index contributed by atoms with van der Waals surface area (Å²) in [5.41, 5.74) is 1.31. The lowest BCUT2D eigenvalue weighted by Gasteiger charge is -2.35. The molecule has 0 bridgehead atoms. The van der Waals surface area contributed by atoms with E-state index in [1.807, 2.05) is 12.1 Å². The number of amides is 2. The third-order valence-electron chi connectivity index (χ3n) is 4.68. The Kier molecular flexibility index (Phi) is 6.56. The van der Waals surface area contributed by atoms with Crippen molar-refractivity contribution in [2.75, 3.05) is 43.9 Å². The first kappa shape index (κ1) is 19.2. The van der Waals surface area contributed by atoms with Gasteiger partial charge in [-0.05, 0) is 30.5 Å². The Hall–Kier alpha value is -1.57. The lowest BCUT2D eigenvalue weighted by atomic mass is 10.0. The number of hydrogen-bond acceptors (Lipinski definition) is 5. The van der Waals surface area contributed by atoms with E-state index in [-0.39, 0.29) is 11.8 Å². The van der Waals surface area contributed by atoms with Crippen molar-refractivity contribution in [3.63, 3.8) is 0 Å². The Bertz CT molecular complexity index is 659. The largest absolute Gasteiger partial charge is 0.379 e. The van der Waals surface area contributed by atoms with Crippen molar-refractivity contribution >= 4 is 29.3 Å². The fourth-order valence-corrected chi connectivity index (χ4v) is 4.17.